The van der Waals surface area contributed by atoms with Gasteiger partial charge in [-0.05, 0) is 55.5 Å². The second-order valence-electron chi connectivity index (χ2n) is 6.47. The van der Waals surface area contributed by atoms with Crippen LogP contribution in [0.2, 0.25) is 5.02 Å². The summed E-state index contributed by atoms with van der Waals surface area (Å²) in [5.74, 6) is -1.56. The first kappa shape index (κ1) is 21.7. The molecule has 0 aliphatic rings. The number of sulfonamides is 1. The third-order valence-corrected chi connectivity index (χ3v) is 6.03. The zero-order valence-electron chi connectivity index (χ0n) is 15.7. The molecule has 3 aromatic rings. The minimum atomic E-state index is -4.05. The van der Waals surface area contributed by atoms with E-state index >= 15 is 0 Å². The molecule has 0 aliphatic heterocycles. The van der Waals surface area contributed by atoms with Crippen LogP contribution in [0.5, 0.6) is 0 Å². The van der Waals surface area contributed by atoms with E-state index in [1.165, 1.54) is 24.3 Å². The van der Waals surface area contributed by atoms with E-state index in [-0.39, 0.29) is 21.2 Å². The molecule has 1 atom stereocenters. The molecule has 2 N–H and O–H groups in total. The lowest BCUT2D eigenvalue weighted by Crippen LogP contribution is -2.27. The molecule has 5 nitrogen and oxygen atoms in total. The minimum Gasteiger partial charge on any atom is -0.345 e. The number of amides is 1. The van der Waals surface area contributed by atoms with Gasteiger partial charge in [-0.2, -0.15) is 0 Å². The topological polar surface area (TPSA) is 75.3 Å². The van der Waals surface area contributed by atoms with Crippen LogP contribution in [-0.4, -0.2) is 14.3 Å². The predicted molar refractivity (Wildman–Crippen MR) is 111 cm³/mol. The van der Waals surface area contributed by atoms with Crippen LogP contribution in [0.1, 0.15) is 28.9 Å². The molecule has 30 heavy (non-hydrogen) atoms. The molecule has 0 aromatic heterocycles. The van der Waals surface area contributed by atoms with Crippen LogP contribution in [0.3, 0.4) is 0 Å². The van der Waals surface area contributed by atoms with Gasteiger partial charge in [-0.25, -0.2) is 17.2 Å². The number of hydrogen-bond acceptors (Lipinski definition) is 3. The molecule has 3 rings (SSSR count). The predicted octanol–water partition coefficient (Wildman–Crippen LogP) is 4.91. The highest BCUT2D eigenvalue weighted by molar-refractivity contribution is 7.92. The van der Waals surface area contributed by atoms with E-state index in [2.05, 4.69) is 10.0 Å². The molecule has 0 heterocycles. The smallest absolute Gasteiger partial charge is 0.261 e. The molecule has 0 spiro atoms. The normalized spacial score (nSPS) is 12.3. The largest absolute Gasteiger partial charge is 0.345 e. The molecule has 0 aliphatic carbocycles. The second kappa shape index (κ2) is 8.81. The maximum Gasteiger partial charge on any atom is 0.261 e. The van der Waals surface area contributed by atoms with Crippen molar-refractivity contribution in [2.75, 3.05) is 4.72 Å². The molecule has 0 bridgehead atoms. The van der Waals surface area contributed by atoms with Crippen molar-refractivity contribution in [3.63, 3.8) is 0 Å². The van der Waals surface area contributed by atoms with E-state index in [0.29, 0.717) is 5.56 Å². The molecule has 1 amide bonds. The maximum atomic E-state index is 13.9. The van der Waals surface area contributed by atoms with E-state index in [0.717, 1.165) is 24.3 Å². The molecule has 0 saturated carbocycles. The lowest BCUT2D eigenvalue weighted by atomic mass is 10.1. The van der Waals surface area contributed by atoms with E-state index < -0.39 is 33.6 Å². The fraction of sp³-hybridized carbons (Fsp3) is 0.0952. The summed E-state index contributed by atoms with van der Waals surface area (Å²) in [6.07, 6.45) is 0. The highest BCUT2D eigenvalue weighted by Crippen LogP contribution is 2.26. The van der Waals surface area contributed by atoms with Gasteiger partial charge in [0.1, 0.15) is 11.6 Å². The number of nitrogens with one attached hydrogen (secondary N) is 2. The maximum absolute atomic E-state index is 13.9. The van der Waals surface area contributed by atoms with Crippen molar-refractivity contribution < 1.29 is 22.0 Å². The van der Waals surface area contributed by atoms with Crippen LogP contribution in [0.4, 0.5) is 14.5 Å². The van der Waals surface area contributed by atoms with Crippen molar-refractivity contribution in [1.29, 1.82) is 0 Å². The van der Waals surface area contributed by atoms with Crippen LogP contribution in [0.25, 0.3) is 0 Å². The average molecular weight is 451 g/mol. The van der Waals surface area contributed by atoms with Crippen LogP contribution < -0.4 is 10.0 Å². The Kier molecular flexibility index (Phi) is 6.38. The van der Waals surface area contributed by atoms with Crippen LogP contribution in [-0.2, 0) is 10.0 Å². The van der Waals surface area contributed by atoms with Crippen molar-refractivity contribution in [3.05, 3.63) is 94.5 Å². The number of anilines is 1. The van der Waals surface area contributed by atoms with Crippen LogP contribution in [0, 0.1) is 11.6 Å². The summed E-state index contributed by atoms with van der Waals surface area (Å²) in [6, 6.07) is 13.8. The lowest BCUT2D eigenvalue weighted by Gasteiger charge is -2.16. The van der Waals surface area contributed by atoms with Crippen molar-refractivity contribution >= 4 is 33.2 Å². The van der Waals surface area contributed by atoms with Crippen LogP contribution in [0.15, 0.2) is 71.6 Å². The summed E-state index contributed by atoms with van der Waals surface area (Å²) in [5.41, 5.74) is 0.420. The lowest BCUT2D eigenvalue weighted by molar-refractivity contribution is 0.0939. The summed E-state index contributed by atoms with van der Waals surface area (Å²) in [4.78, 5) is 12.4. The molecular formula is C21H17ClF2N2O3S. The summed E-state index contributed by atoms with van der Waals surface area (Å²) in [5, 5.41) is 2.73. The SMILES string of the molecule is CC(NC(=O)c1ccc(Cl)c(NS(=O)(=O)c2ccc(F)cc2)c1)c1ccccc1F. The Morgan fingerprint density at radius 3 is 2.33 bits per heavy atom. The van der Waals surface area contributed by atoms with Crippen molar-refractivity contribution in [2.45, 2.75) is 17.9 Å². The zero-order valence-corrected chi connectivity index (χ0v) is 17.3. The Labute approximate surface area is 177 Å². The van der Waals surface area contributed by atoms with E-state index in [1.807, 2.05) is 0 Å². The number of carbonyl (C=O) groups excluding carboxylic acids is 1. The Morgan fingerprint density at radius 2 is 1.67 bits per heavy atom. The molecule has 156 valence electrons. The number of carbonyl (C=O) groups is 1. The number of rotatable bonds is 6. The fourth-order valence-electron chi connectivity index (χ4n) is 2.75. The van der Waals surface area contributed by atoms with Crippen molar-refractivity contribution in [3.8, 4) is 0 Å². The van der Waals surface area contributed by atoms with Gasteiger partial charge in [-0.1, -0.05) is 29.8 Å². The summed E-state index contributed by atoms with van der Waals surface area (Å²) < 4.78 is 54.3. The summed E-state index contributed by atoms with van der Waals surface area (Å²) in [6.45, 7) is 1.63. The Morgan fingerprint density at radius 1 is 1.00 bits per heavy atom. The van der Waals surface area contributed by atoms with Crippen LogP contribution >= 0.6 is 11.6 Å². The third-order valence-electron chi connectivity index (χ3n) is 4.32. The molecule has 0 radical (unpaired) electrons. The Bertz CT molecular complexity index is 1190. The first-order valence-electron chi connectivity index (χ1n) is 8.80. The van der Waals surface area contributed by atoms with E-state index in [4.69, 9.17) is 11.6 Å². The number of hydrogen-bond donors (Lipinski definition) is 2. The van der Waals surface area contributed by atoms with Gasteiger partial charge < -0.3 is 5.32 Å². The average Bonchev–Trinajstić information content (AvgIpc) is 2.70. The highest BCUT2D eigenvalue weighted by Gasteiger charge is 2.19. The zero-order chi connectivity index (χ0) is 21.9. The first-order chi connectivity index (χ1) is 14.2. The van der Waals surface area contributed by atoms with Crippen molar-refractivity contribution in [1.82, 2.24) is 5.32 Å². The Balaban J connectivity index is 1.81. The second-order valence-corrected chi connectivity index (χ2v) is 8.56. The van der Waals surface area contributed by atoms with Gasteiger partial charge in [0.15, 0.2) is 0 Å². The minimum absolute atomic E-state index is 0.0211. The number of benzene rings is 3. The molecule has 1 unspecified atom stereocenters. The van der Waals surface area contributed by atoms with Gasteiger partial charge in [0, 0.05) is 11.1 Å². The highest BCUT2D eigenvalue weighted by atomic mass is 35.5. The molecular weight excluding hydrogens is 434 g/mol. The van der Waals surface area contributed by atoms with E-state index in [1.54, 1.807) is 25.1 Å². The van der Waals surface area contributed by atoms with Gasteiger partial charge in [0.25, 0.3) is 15.9 Å². The molecule has 0 saturated heterocycles. The molecule has 0 fully saturated rings. The monoisotopic (exact) mass is 450 g/mol. The third kappa shape index (κ3) is 4.95. The summed E-state index contributed by atoms with van der Waals surface area (Å²) >= 11 is 6.07. The van der Waals surface area contributed by atoms with Gasteiger partial charge in [0.05, 0.1) is 21.6 Å². The fourth-order valence-corrected chi connectivity index (χ4v) is 4.04. The molecule has 9 heteroatoms. The van der Waals surface area contributed by atoms with Gasteiger partial charge in [-0.15, -0.1) is 0 Å². The van der Waals surface area contributed by atoms with Gasteiger partial charge >= 0.3 is 0 Å². The number of halogens is 3. The van der Waals surface area contributed by atoms with Crippen molar-refractivity contribution in [2.24, 2.45) is 0 Å². The quantitative estimate of drug-likeness (QED) is 0.560. The summed E-state index contributed by atoms with van der Waals surface area (Å²) in [7, 11) is -4.05. The standard InChI is InChI=1S/C21H17ClF2N2O3S/c1-13(17-4-2-3-5-19(17)24)25-21(27)14-6-11-18(22)20(12-14)26-30(28,29)16-9-7-15(23)8-10-16/h2-13,26H,1H3,(H,25,27). The van der Waals surface area contributed by atoms with E-state index in [9.17, 15) is 22.0 Å². The first-order valence-corrected chi connectivity index (χ1v) is 10.7. The van der Waals surface area contributed by atoms with Gasteiger partial charge in [-0.3, -0.25) is 9.52 Å². The van der Waals surface area contributed by atoms with Gasteiger partial charge in [0.2, 0.25) is 0 Å². The Hall–Kier alpha value is -2.97. The molecule has 3 aromatic carbocycles.